The van der Waals surface area contributed by atoms with Crippen LogP contribution in [0.3, 0.4) is 0 Å². The highest BCUT2D eigenvalue weighted by Gasteiger charge is 2.08. The van der Waals surface area contributed by atoms with Crippen molar-refractivity contribution in [3.8, 4) is 11.5 Å². The minimum Gasteiger partial charge on any atom is -0.493 e. The Morgan fingerprint density at radius 2 is 1.83 bits per heavy atom. The fourth-order valence-corrected chi connectivity index (χ4v) is 1.52. The van der Waals surface area contributed by atoms with Crippen LogP contribution < -0.4 is 15.2 Å². The van der Waals surface area contributed by atoms with Gasteiger partial charge in [0.2, 0.25) is 0 Å². The SMILES string of the molecule is COc1cc([C@H](C)N)ccc1OCCOC(C)C. The molecule has 1 aromatic rings. The Bertz CT molecular complexity index is 364. The Hall–Kier alpha value is -1.26. The number of ether oxygens (including phenoxy) is 3. The fourth-order valence-electron chi connectivity index (χ4n) is 1.52. The van der Waals surface area contributed by atoms with Gasteiger partial charge in [0.1, 0.15) is 6.61 Å². The van der Waals surface area contributed by atoms with E-state index in [1.54, 1.807) is 7.11 Å². The highest BCUT2D eigenvalue weighted by atomic mass is 16.5. The van der Waals surface area contributed by atoms with Crippen LogP contribution in [0, 0.1) is 0 Å². The average molecular weight is 253 g/mol. The molecule has 1 atom stereocenters. The van der Waals surface area contributed by atoms with Crippen LogP contribution in [0.1, 0.15) is 32.4 Å². The second kappa shape index (κ2) is 7.24. The summed E-state index contributed by atoms with van der Waals surface area (Å²) in [7, 11) is 1.62. The molecule has 0 saturated carbocycles. The first-order chi connectivity index (χ1) is 8.54. The molecule has 1 rings (SSSR count). The van der Waals surface area contributed by atoms with Gasteiger partial charge in [0.25, 0.3) is 0 Å². The quantitative estimate of drug-likeness (QED) is 0.759. The van der Waals surface area contributed by atoms with E-state index in [1.165, 1.54) is 0 Å². The van der Waals surface area contributed by atoms with Crippen LogP contribution >= 0.6 is 0 Å². The summed E-state index contributed by atoms with van der Waals surface area (Å²) in [5.74, 6) is 1.42. The van der Waals surface area contributed by atoms with Gasteiger partial charge in [-0.25, -0.2) is 0 Å². The summed E-state index contributed by atoms with van der Waals surface area (Å²) in [5.41, 5.74) is 6.85. The normalized spacial score (nSPS) is 12.6. The van der Waals surface area contributed by atoms with E-state index in [9.17, 15) is 0 Å². The van der Waals surface area contributed by atoms with Crippen LogP contribution in [0.15, 0.2) is 18.2 Å². The summed E-state index contributed by atoms with van der Waals surface area (Å²) in [6.45, 7) is 7.00. The molecule has 0 aliphatic carbocycles. The molecule has 4 heteroatoms. The molecular weight excluding hydrogens is 230 g/mol. The molecule has 0 heterocycles. The van der Waals surface area contributed by atoms with Crippen molar-refractivity contribution in [1.82, 2.24) is 0 Å². The van der Waals surface area contributed by atoms with E-state index in [0.717, 1.165) is 5.56 Å². The van der Waals surface area contributed by atoms with Crippen LogP contribution in [0.25, 0.3) is 0 Å². The van der Waals surface area contributed by atoms with Gasteiger partial charge >= 0.3 is 0 Å². The zero-order valence-corrected chi connectivity index (χ0v) is 11.6. The second-order valence-corrected chi connectivity index (χ2v) is 4.47. The van der Waals surface area contributed by atoms with Crippen LogP contribution in [-0.4, -0.2) is 26.4 Å². The first kappa shape index (κ1) is 14.8. The lowest BCUT2D eigenvalue weighted by molar-refractivity contribution is 0.0547. The van der Waals surface area contributed by atoms with Gasteiger partial charge < -0.3 is 19.9 Å². The third-order valence-corrected chi connectivity index (χ3v) is 2.51. The van der Waals surface area contributed by atoms with Gasteiger partial charge in [0, 0.05) is 6.04 Å². The largest absolute Gasteiger partial charge is 0.493 e. The molecule has 0 fully saturated rings. The van der Waals surface area contributed by atoms with Gasteiger partial charge in [0.15, 0.2) is 11.5 Å². The van der Waals surface area contributed by atoms with Crippen molar-refractivity contribution in [3.63, 3.8) is 0 Å². The summed E-state index contributed by atoms with van der Waals surface area (Å²) in [4.78, 5) is 0. The summed E-state index contributed by atoms with van der Waals surface area (Å²) >= 11 is 0. The molecule has 0 bridgehead atoms. The van der Waals surface area contributed by atoms with Crippen LogP contribution in [0.4, 0.5) is 0 Å². The summed E-state index contributed by atoms with van der Waals surface area (Å²) in [6.07, 6.45) is 0.218. The van der Waals surface area contributed by atoms with Gasteiger partial charge in [-0.05, 0) is 38.5 Å². The molecule has 0 unspecified atom stereocenters. The lowest BCUT2D eigenvalue weighted by Gasteiger charge is -2.14. The summed E-state index contributed by atoms with van der Waals surface area (Å²) in [6, 6.07) is 5.72. The molecule has 0 spiro atoms. The number of nitrogens with two attached hydrogens (primary N) is 1. The lowest BCUT2D eigenvalue weighted by Crippen LogP contribution is -2.12. The monoisotopic (exact) mass is 253 g/mol. The van der Waals surface area contributed by atoms with E-state index in [0.29, 0.717) is 24.7 Å². The van der Waals surface area contributed by atoms with E-state index in [2.05, 4.69) is 0 Å². The zero-order valence-electron chi connectivity index (χ0n) is 11.6. The van der Waals surface area contributed by atoms with E-state index < -0.39 is 0 Å². The minimum atomic E-state index is -0.0165. The van der Waals surface area contributed by atoms with Crippen molar-refractivity contribution >= 4 is 0 Å². The maximum atomic E-state index is 5.83. The Balaban J connectivity index is 2.59. The molecule has 0 amide bonds. The Labute approximate surface area is 109 Å². The lowest BCUT2D eigenvalue weighted by atomic mass is 10.1. The molecule has 2 N–H and O–H groups in total. The smallest absolute Gasteiger partial charge is 0.161 e. The number of methoxy groups -OCH3 is 1. The molecule has 102 valence electrons. The number of rotatable bonds is 7. The number of benzene rings is 1. The maximum absolute atomic E-state index is 5.83. The third kappa shape index (κ3) is 4.55. The summed E-state index contributed by atoms with van der Waals surface area (Å²) < 4.78 is 16.3. The molecule has 0 aliphatic rings. The number of hydrogen-bond acceptors (Lipinski definition) is 4. The van der Waals surface area contributed by atoms with Crippen molar-refractivity contribution in [2.24, 2.45) is 5.73 Å². The zero-order chi connectivity index (χ0) is 13.5. The molecule has 0 radical (unpaired) electrons. The highest BCUT2D eigenvalue weighted by molar-refractivity contribution is 5.43. The highest BCUT2D eigenvalue weighted by Crippen LogP contribution is 2.29. The number of hydrogen-bond donors (Lipinski definition) is 1. The Kier molecular flexibility index (Phi) is 5.95. The Morgan fingerprint density at radius 1 is 1.11 bits per heavy atom. The van der Waals surface area contributed by atoms with Gasteiger partial charge in [-0.2, -0.15) is 0 Å². The first-order valence-electron chi connectivity index (χ1n) is 6.22. The second-order valence-electron chi connectivity index (χ2n) is 4.47. The molecular formula is C14H23NO3. The van der Waals surface area contributed by atoms with Crippen LogP contribution in [0.2, 0.25) is 0 Å². The predicted octanol–water partition coefficient (Wildman–Crippen LogP) is 2.52. The van der Waals surface area contributed by atoms with Crippen molar-refractivity contribution in [1.29, 1.82) is 0 Å². The maximum Gasteiger partial charge on any atom is 0.161 e. The predicted molar refractivity (Wildman–Crippen MR) is 72.2 cm³/mol. The van der Waals surface area contributed by atoms with E-state index in [-0.39, 0.29) is 12.1 Å². The van der Waals surface area contributed by atoms with E-state index in [4.69, 9.17) is 19.9 Å². The molecule has 4 nitrogen and oxygen atoms in total. The standard InChI is InChI=1S/C14H23NO3/c1-10(2)17-7-8-18-13-6-5-12(11(3)15)9-14(13)16-4/h5-6,9-11H,7-8,15H2,1-4H3/t11-/m0/s1. The molecule has 18 heavy (non-hydrogen) atoms. The van der Waals surface area contributed by atoms with Crippen molar-refractivity contribution in [2.45, 2.75) is 32.9 Å². The van der Waals surface area contributed by atoms with Gasteiger partial charge in [0.05, 0.1) is 19.8 Å². The van der Waals surface area contributed by atoms with Crippen molar-refractivity contribution < 1.29 is 14.2 Å². The van der Waals surface area contributed by atoms with Crippen molar-refractivity contribution in [3.05, 3.63) is 23.8 Å². The summed E-state index contributed by atoms with van der Waals surface area (Å²) in [5, 5.41) is 0. The first-order valence-corrected chi connectivity index (χ1v) is 6.22. The fraction of sp³-hybridized carbons (Fsp3) is 0.571. The van der Waals surface area contributed by atoms with Crippen LogP contribution in [0.5, 0.6) is 11.5 Å². The average Bonchev–Trinajstić information content (AvgIpc) is 2.34. The topological polar surface area (TPSA) is 53.7 Å². The van der Waals surface area contributed by atoms with Crippen LogP contribution in [-0.2, 0) is 4.74 Å². The molecule has 1 aromatic carbocycles. The van der Waals surface area contributed by atoms with Gasteiger partial charge in [-0.1, -0.05) is 6.07 Å². The van der Waals surface area contributed by atoms with Gasteiger partial charge in [-0.15, -0.1) is 0 Å². The molecule has 0 saturated heterocycles. The van der Waals surface area contributed by atoms with Crippen molar-refractivity contribution in [2.75, 3.05) is 20.3 Å². The Morgan fingerprint density at radius 3 is 2.39 bits per heavy atom. The molecule has 0 aliphatic heterocycles. The van der Waals surface area contributed by atoms with Gasteiger partial charge in [-0.3, -0.25) is 0 Å². The third-order valence-electron chi connectivity index (χ3n) is 2.51. The molecule has 0 aromatic heterocycles. The van der Waals surface area contributed by atoms with E-state index in [1.807, 2.05) is 39.0 Å². The minimum absolute atomic E-state index is 0.0165. The van der Waals surface area contributed by atoms with E-state index >= 15 is 0 Å².